The monoisotopic (exact) mass is 374 g/mol. The molecule has 3 aromatic rings. The Kier molecular flexibility index (Phi) is 4.03. The van der Waals surface area contributed by atoms with Gasteiger partial charge in [0.05, 0.1) is 20.2 Å². The molecular formula is C17H11ClN2O4S. The molecule has 25 heavy (non-hydrogen) atoms. The van der Waals surface area contributed by atoms with E-state index in [2.05, 4.69) is 4.98 Å². The van der Waals surface area contributed by atoms with Crippen molar-refractivity contribution in [2.45, 2.75) is 0 Å². The number of non-ortho nitro benzene ring substituents is 1. The van der Waals surface area contributed by atoms with E-state index >= 15 is 0 Å². The lowest BCUT2D eigenvalue weighted by Crippen LogP contribution is -2.15. The number of nitro groups is 1. The van der Waals surface area contributed by atoms with Crippen molar-refractivity contribution >= 4 is 51.0 Å². The van der Waals surface area contributed by atoms with Crippen molar-refractivity contribution in [2.75, 3.05) is 13.2 Å². The Bertz CT molecular complexity index is 1020. The Morgan fingerprint density at radius 1 is 1.20 bits per heavy atom. The van der Waals surface area contributed by atoms with E-state index < -0.39 is 4.92 Å². The molecule has 0 fully saturated rings. The molecule has 0 unspecified atom stereocenters. The zero-order chi connectivity index (χ0) is 17.4. The van der Waals surface area contributed by atoms with Crippen molar-refractivity contribution in [3.05, 3.63) is 56.0 Å². The summed E-state index contributed by atoms with van der Waals surface area (Å²) in [7, 11) is 0. The van der Waals surface area contributed by atoms with Gasteiger partial charge in [0.15, 0.2) is 11.5 Å². The fourth-order valence-corrected chi connectivity index (χ4v) is 3.69. The van der Waals surface area contributed by atoms with E-state index in [-0.39, 0.29) is 5.69 Å². The lowest BCUT2D eigenvalue weighted by Gasteiger charge is -2.19. The number of benzene rings is 2. The highest BCUT2D eigenvalue weighted by Crippen LogP contribution is 2.38. The largest absolute Gasteiger partial charge is 0.486 e. The van der Waals surface area contributed by atoms with E-state index in [0.29, 0.717) is 29.7 Å². The van der Waals surface area contributed by atoms with Crippen molar-refractivity contribution in [3.63, 3.8) is 0 Å². The van der Waals surface area contributed by atoms with Gasteiger partial charge in [0.1, 0.15) is 18.2 Å². The lowest BCUT2D eigenvalue weighted by molar-refractivity contribution is -0.384. The van der Waals surface area contributed by atoms with Crippen LogP contribution in [0.25, 0.3) is 22.4 Å². The number of rotatable bonds is 3. The number of nitro benzene ring substituents is 1. The molecule has 0 saturated carbocycles. The highest BCUT2D eigenvalue weighted by molar-refractivity contribution is 7.19. The second-order valence-corrected chi connectivity index (χ2v) is 6.79. The van der Waals surface area contributed by atoms with Crippen molar-refractivity contribution in [1.29, 1.82) is 0 Å². The zero-order valence-electron chi connectivity index (χ0n) is 12.8. The molecule has 1 aliphatic heterocycles. The second kappa shape index (κ2) is 6.34. The van der Waals surface area contributed by atoms with Crippen molar-refractivity contribution in [2.24, 2.45) is 0 Å². The number of nitrogens with zero attached hydrogens (tertiary/aromatic N) is 2. The molecule has 1 aromatic heterocycles. The molecular weight excluding hydrogens is 364 g/mol. The average molecular weight is 375 g/mol. The third-order valence-electron chi connectivity index (χ3n) is 3.64. The summed E-state index contributed by atoms with van der Waals surface area (Å²) in [4.78, 5) is 14.9. The van der Waals surface area contributed by atoms with Gasteiger partial charge in [-0.15, -0.1) is 11.3 Å². The average Bonchev–Trinajstić information content (AvgIpc) is 3.02. The first-order chi connectivity index (χ1) is 12.1. The number of halogens is 1. The zero-order valence-corrected chi connectivity index (χ0v) is 14.3. The van der Waals surface area contributed by atoms with Gasteiger partial charge in [0.2, 0.25) is 0 Å². The van der Waals surface area contributed by atoms with Crippen molar-refractivity contribution in [3.8, 4) is 11.5 Å². The van der Waals surface area contributed by atoms with Gasteiger partial charge in [-0.05, 0) is 29.8 Å². The fourth-order valence-electron chi connectivity index (χ4n) is 2.51. The van der Waals surface area contributed by atoms with Crippen LogP contribution in [-0.2, 0) is 0 Å². The summed E-state index contributed by atoms with van der Waals surface area (Å²) >= 11 is 7.61. The van der Waals surface area contributed by atoms with Crippen molar-refractivity contribution < 1.29 is 14.4 Å². The Hall–Kier alpha value is -2.64. The summed E-state index contributed by atoms with van der Waals surface area (Å²) in [5.74, 6) is 1.19. The third kappa shape index (κ3) is 3.16. The summed E-state index contributed by atoms with van der Waals surface area (Å²) in [5, 5.41) is 12.1. The predicted octanol–water partition coefficient (Wildman–Crippen LogP) is 4.80. The number of fused-ring (bicyclic) bond motifs is 2. The van der Waals surface area contributed by atoms with Crippen LogP contribution in [0.5, 0.6) is 11.5 Å². The van der Waals surface area contributed by atoms with E-state index in [4.69, 9.17) is 21.1 Å². The quantitative estimate of drug-likeness (QED) is 0.486. The Morgan fingerprint density at radius 2 is 2.04 bits per heavy atom. The van der Waals surface area contributed by atoms with Crippen molar-refractivity contribution in [1.82, 2.24) is 4.98 Å². The van der Waals surface area contributed by atoms with Crippen LogP contribution in [0.15, 0.2) is 30.3 Å². The molecule has 1 aliphatic rings. The lowest BCUT2D eigenvalue weighted by atomic mass is 10.2. The Balaban J connectivity index is 1.64. The van der Waals surface area contributed by atoms with Crippen LogP contribution in [0.2, 0.25) is 5.02 Å². The molecule has 126 valence electrons. The minimum Gasteiger partial charge on any atom is -0.486 e. The van der Waals surface area contributed by atoms with Gasteiger partial charge in [-0.2, -0.15) is 0 Å². The summed E-state index contributed by atoms with van der Waals surface area (Å²) in [6.07, 6.45) is 3.72. The molecule has 0 radical (unpaired) electrons. The van der Waals surface area contributed by atoms with Crippen LogP contribution in [0.1, 0.15) is 10.6 Å². The van der Waals surface area contributed by atoms with E-state index in [1.54, 1.807) is 12.1 Å². The Morgan fingerprint density at radius 3 is 2.88 bits per heavy atom. The molecule has 2 aromatic carbocycles. The second-order valence-electron chi connectivity index (χ2n) is 5.32. The van der Waals surface area contributed by atoms with Crippen LogP contribution < -0.4 is 9.47 Å². The van der Waals surface area contributed by atoms with E-state index in [0.717, 1.165) is 20.8 Å². The van der Waals surface area contributed by atoms with Gasteiger partial charge in [-0.25, -0.2) is 4.98 Å². The van der Waals surface area contributed by atoms with Gasteiger partial charge in [-0.3, -0.25) is 10.1 Å². The first-order valence-electron chi connectivity index (χ1n) is 7.42. The minimum atomic E-state index is -0.411. The number of ether oxygens (including phenoxy) is 2. The third-order valence-corrected chi connectivity index (χ3v) is 4.90. The van der Waals surface area contributed by atoms with Gasteiger partial charge in [0.25, 0.3) is 5.69 Å². The van der Waals surface area contributed by atoms with Gasteiger partial charge < -0.3 is 9.47 Å². The molecule has 0 saturated heterocycles. The molecule has 0 bridgehead atoms. The fraction of sp³-hybridized carbons (Fsp3) is 0.118. The number of thiazole rings is 1. The van der Waals surface area contributed by atoms with Crippen LogP contribution in [0.4, 0.5) is 5.69 Å². The molecule has 0 spiro atoms. The summed E-state index contributed by atoms with van der Waals surface area (Å²) in [6.45, 7) is 0.979. The highest BCUT2D eigenvalue weighted by Gasteiger charge is 2.16. The van der Waals surface area contributed by atoms with Gasteiger partial charge >= 0.3 is 0 Å². The first-order valence-corrected chi connectivity index (χ1v) is 8.62. The first kappa shape index (κ1) is 15.9. The minimum absolute atomic E-state index is 0.0605. The molecule has 0 aliphatic carbocycles. The number of hydrogen-bond donors (Lipinski definition) is 0. The Labute approximate surface area is 151 Å². The summed E-state index contributed by atoms with van der Waals surface area (Å²) < 4.78 is 11.8. The topological polar surface area (TPSA) is 74.5 Å². The maximum Gasteiger partial charge on any atom is 0.270 e. The van der Waals surface area contributed by atoms with E-state index in [1.165, 1.54) is 23.5 Å². The molecule has 6 nitrogen and oxygen atoms in total. The number of aromatic nitrogens is 1. The number of hydrogen-bond acceptors (Lipinski definition) is 6. The molecule has 0 atom stereocenters. The molecule has 0 amide bonds. The van der Waals surface area contributed by atoms with Crippen LogP contribution in [0, 0.1) is 10.1 Å². The summed E-state index contributed by atoms with van der Waals surface area (Å²) in [5.41, 5.74) is 1.65. The highest BCUT2D eigenvalue weighted by atomic mass is 35.5. The summed E-state index contributed by atoms with van der Waals surface area (Å²) in [6, 6.07) is 8.29. The predicted molar refractivity (Wildman–Crippen MR) is 97.6 cm³/mol. The molecule has 0 N–H and O–H groups in total. The van der Waals surface area contributed by atoms with E-state index in [1.807, 2.05) is 18.2 Å². The van der Waals surface area contributed by atoms with Crippen LogP contribution >= 0.6 is 22.9 Å². The maximum absolute atomic E-state index is 10.9. The molecule has 8 heteroatoms. The molecule has 2 heterocycles. The normalized spacial score (nSPS) is 13.5. The van der Waals surface area contributed by atoms with Gasteiger partial charge in [-0.1, -0.05) is 17.7 Å². The van der Waals surface area contributed by atoms with Crippen LogP contribution in [0.3, 0.4) is 0 Å². The van der Waals surface area contributed by atoms with E-state index in [9.17, 15) is 10.1 Å². The van der Waals surface area contributed by atoms with Crippen LogP contribution in [-0.4, -0.2) is 23.1 Å². The van der Waals surface area contributed by atoms with Gasteiger partial charge in [0, 0.05) is 12.1 Å². The molecule has 4 rings (SSSR count). The standard InChI is InChI=1S/C17H11ClN2O4S/c18-12-7-10(8-14-17(12)24-6-5-23-14)1-4-16-19-13-3-2-11(20(21)22)9-15(13)25-16/h1-4,7-9H,5-6H2/b4-1+. The smallest absolute Gasteiger partial charge is 0.270 e. The maximum atomic E-state index is 10.9. The SMILES string of the molecule is O=[N+]([O-])c1ccc2nc(/C=C/c3cc(Cl)c4c(c3)OCCO4)sc2c1.